The Labute approximate surface area is 136 Å². The predicted octanol–water partition coefficient (Wildman–Crippen LogP) is 0.151. The molecule has 1 aromatic heterocycles. The van der Waals surface area contributed by atoms with Crippen molar-refractivity contribution in [3.8, 4) is 0 Å². The van der Waals surface area contributed by atoms with E-state index in [9.17, 15) is 14.7 Å². The van der Waals surface area contributed by atoms with E-state index in [4.69, 9.17) is 9.84 Å². The number of hydrogen-bond donors (Lipinski definition) is 3. The number of aliphatic hydroxyl groups excluding tert-OH is 2. The second-order valence-electron chi connectivity index (χ2n) is 5.38. The number of nitrogens with one attached hydrogen (secondary N) is 1. The number of halogens is 2. The van der Waals surface area contributed by atoms with Gasteiger partial charge in [0, 0.05) is 24.1 Å². The largest absolute Gasteiger partial charge is 0.394 e. The topological polar surface area (TPSA) is 105 Å². The average Bonchev–Trinajstić information content (AvgIpc) is 2.87. The Morgan fingerprint density at radius 3 is 2.67 bits per heavy atom. The second-order valence-corrected chi connectivity index (χ2v) is 9.28. The number of nitrogens with zero attached hydrogens (tertiary/aromatic N) is 1. The van der Waals surface area contributed by atoms with E-state index in [0.717, 1.165) is 6.42 Å². The molecule has 2 fully saturated rings. The number of aromatic amines is 1. The number of alkyl halides is 2. The van der Waals surface area contributed by atoms with Crippen LogP contribution in [-0.4, -0.2) is 41.8 Å². The summed E-state index contributed by atoms with van der Waals surface area (Å²) in [4.78, 5) is 26.1. The predicted molar refractivity (Wildman–Crippen MR) is 80.9 cm³/mol. The highest BCUT2D eigenvalue weighted by atomic mass is 79.9. The maximum atomic E-state index is 11.9. The van der Waals surface area contributed by atoms with Crippen LogP contribution in [0.5, 0.6) is 0 Å². The number of hydrogen-bond acceptors (Lipinski definition) is 5. The van der Waals surface area contributed by atoms with Crippen molar-refractivity contribution in [2.24, 2.45) is 0 Å². The lowest BCUT2D eigenvalue weighted by Gasteiger charge is -2.15. The first-order valence-electron chi connectivity index (χ1n) is 6.51. The van der Waals surface area contributed by atoms with Crippen molar-refractivity contribution in [3.63, 3.8) is 0 Å². The van der Waals surface area contributed by atoms with Gasteiger partial charge in [0.2, 0.25) is 0 Å². The molecule has 1 aliphatic heterocycles. The molecule has 0 amide bonds. The summed E-state index contributed by atoms with van der Waals surface area (Å²) < 4.78 is 6.42. The van der Waals surface area contributed by atoms with Crippen LogP contribution in [0, 0.1) is 0 Å². The maximum Gasteiger partial charge on any atom is 0.330 e. The summed E-state index contributed by atoms with van der Waals surface area (Å²) in [5, 5.41) is 18.8. The van der Waals surface area contributed by atoms with Crippen LogP contribution in [0.25, 0.3) is 0 Å². The summed E-state index contributed by atoms with van der Waals surface area (Å²) in [6.07, 6.45) is 0.155. The van der Waals surface area contributed by atoms with Crippen LogP contribution in [-0.2, 0) is 4.74 Å². The quantitative estimate of drug-likeness (QED) is 0.598. The molecule has 0 bridgehead atoms. The molecule has 3 rings (SSSR count). The zero-order valence-corrected chi connectivity index (χ0v) is 14.0. The SMILES string of the molecule is O=c1[nH]c(=O)n([C@H]2C[C@H](O)[C@@H](CO)O2)cc1[C@H]1CC1(Br)Br. The van der Waals surface area contributed by atoms with Gasteiger partial charge in [-0.25, -0.2) is 4.79 Å². The minimum Gasteiger partial charge on any atom is -0.394 e. The molecule has 0 spiro atoms. The van der Waals surface area contributed by atoms with Gasteiger partial charge < -0.3 is 14.9 Å². The molecular formula is C12H14Br2N2O5. The van der Waals surface area contributed by atoms with E-state index < -0.39 is 29.7 Å². The summed E-state index contributed by atoms with van der Waals surface area (Å²) in [6, 6.07) is 0. The first kappa shape index (κ1) is 15.4. The first-order chi connectivity index (χ1) is 9.83. The van der Waals surface area contributed by atoms with E-state index >= 15 is 0 Å². The molecule has 2 aliphatic rings. The molecule has 0 aromatic carbocycles. The molecule has 3 N–H and O–H groups in total. The molecular weight excluding hydrogens is 412 g/mol. The van der Waals surface area contributed by atoms with Gasteiger partial charge in [-0.15, -0.1) is 0 Å². The molecule has 1 aliphatic carbocycles. The molecule has 4 atom stereocenters. The fourth-order valence-corrected chi connectivity index (χ4v) is 3.70. The van der Waals surface area contributed by atoms with E-state index in [1.54, 1.807) is 0 Å². The summed E-state index contributed by atoms with van der Waals surface area (Å²) in [7, 11) is 0. The van der Waals surface area contributed by atoms with Gasteiger partial charge in [0.1, 0.15) is 12.3 Å². The standard InChI is InChI=1S/C12H14Br2N2O5/c13-12(14)2-6(12)5-3-16(11(20)15-10(5)19)9-1-7(18)8(4-17)21-9/h3,6-9,17-18H,1-2,4H2,(H,15,19,20)/t6-,7+,8-,9-/m1/s1. The van der Waals surface area contributed by atoms with Crippen LogP contribution >= 0.6 is 31.9 Å². The number of rotatable bonds is 3. The van der Waals surface area contributed by atoms with Crippen molar-refractivity contribution in [2.75, 3.05) is 6.61 Å². The van der Waals surface area contributed by atoms with Gasteiger partial charge in [-0.1, -0.05) is 31.9 Å². The summed E-state index contributed by atoms with van der Waals surface area (Å²) in [6.45, 7) is -0.322. The van der Waals surface area contributed by atoms with Crippen LogP contribution in [0.15, 0.2) is 15.8 Å². The zero-order chi connectivity index (χ0) is 15.4. The molecule has 21 heavy (non-hydrogen) atoms. The smallest absolute Gasteiger partial charge is 0.330 e. The molecule has 7 nitrogen and oxygen atoms in total. The zero-order valence-electron chi connectivity index (χ0n) is 10.8. The van der Waals surface area contributed by atoms with Crippen molar-refractivity contribution >= 4 is 31.9 Å². The van der Waals surface area contributed by atoms with Gasteiger partial charge in [-0.3, -0.25) is 14.3 Å². The van der Waals surface area contributed by atoms with E-state index in [1.165, 1.54) is 10.8 Å². The van der Waals surface area contributed by atoms with Crippen molar-refractivity contribution in [1.29, 1.82) is 0 Å². The molecule has 1 saturated carbocycles. The van der Waals surface area contributed by atoms with E-state index in [-0.39, 0.29) is 22.2 Å². The number of aromatic nitrogens is 2. The lowest BCUT2D eigenvalue weighted by molar-refractivity contribution is -0.0460. The lowest BCUT2D eigenvalue weighted by atomic mass is 10.2. The monoisotopic (exact) mass is 424 g/mol. The highest BCUT2D eigenvalue weighted by molar-refractivity contribution is 9.25. The van der Waals surface area contributed by atoms with Gasteiger partial charge in [-0.05, 0) is 6.42 Å². The van der Waals surface area contributed by atoms with Crippen LogP contribution in [0.4, 0.5) is 0 Å². The summed E-state index contributed by atoms with van der Waals surface area (Å²) in [5.41, 5.74) is -0.525. The molecule has 1 saturated heterocycles. The Morgan fingerprint density at radius 1 is 1.48 bits per heavy atom. The Bertz CT molecular complexity index is 670. The third-order valence-corrected chi connectivity index (χ3v) is 5.64. The Kier molecular flexibility index (Phi) is 3.90. The molecule has 2 heterocycles. The van der Waals surface area contributed by atoms with Crippen molar-refractivity contribution in [3.05, 3.63) is 32.6 Å². The van der Waals surface area contributed by atoms with Crippen molar-refractivity contribution < 1.29 is 14.9 Å². The third kappa shape index (κ3) is 2.77. The average molecular weight is 426 g/mol. The normalized spacial score (nSPS) is 34.1. The fourth-order valence-electron chi connectivity index (χ4n) is 2.56. The Morgan fingerprint density at radius 2 is 2.14 bits per heavy atom. The van der Waals surface area contributed by atoms with Gasteiger partial charge in [0.25, 0.3) is 5.56 Å². The number of ether oxygens (including phenoxy) is 1. The van der Waals surface area contributed by atoms with Crippen molar-refractivity contribution in [2.45, 2.75) is 40.4 Å². The molecule has 1 aromatic rings. The highest BCUT2D eigenvalue weighted by Crippen LogP contribution is 2.61. The van der Waals surface area contributed by atoms with E-state index in [1.807, 2.05) is 0 Å². The fraction of sp³-hybridized carbons (Fsp3) is 0.667. The first-order valence-corrected chi connectivity index (χ1v) is 8.09. The minimum atomic E-state index is -0.838. The molecule has 9 heteroatoms. The van der Waals surface area contributed by atoms with Crippen LogP contribution < -0.4 is 11.2 Å². The lowest BCUT2D eigenvalue weighted by Crippen LogP contribution is -2.34. The van der Waals surface area contributed by atoms with Gasteiger partial charge in [-0.2, -0.15) is 0 Å². The minimum absolute atomic E-state index is 0.0342. The van der Waals surface area contributed by atoms with E-state index in [0.29, 0.717) is 5.56 Å². The highest BCUT2D eigenvalue weighted by Gasteiger charge is 2.52. The number of aliphatic hydroxyl groups is 2. The van der Waals surface area contributed by atoms with Crippen LogP contribution in [0.2, 0.25) is 0 Å². The van der Waals surface area contributed by atoms with Gasteiger partial charge in [0.15, 0.2) is 0 Å². The molecule has 0 unspecified atom stereocenters. The number of H-pyrrole nitrogens is 1. The third-order valence-electron chi connectivity index (χ3n) is 3.89. The van der Waals surface area contributed by atoms with E-state index in [2.05, 4.69) is 36.8 Å². The summed E-state index contributed by atoms with van der Waals surface area (Å²) in [5.74, 6) is -0.0342. The van der Waals surface area contributed by atoms with Crippen LogP contribution in [0.1, 0.15) is 30.6 Å². The van der Waals surface area contributed by atoms with Gasteiger partial charge >= 0.3 is 5.69 Å². The maximum absolute atomic E-state index is 11.9. The Hall–Kier alpha value is -0.480. The summed E-state index contributed by atoms with van der Waals surface area (Å²) >= 11 is 6.91. The van der Waals surface area contributed by atoms with Gasteiger partial charge in [0.05, 0.1) is 15.9 Å². The van der Waals surface area contributed by atoms with Crippen molar-refractivity contribution in [1.82, 2.24) is 9.55 Å². The molecule has 116 valence electrons. The Balaban J connectivity index is 1.95. The second kappa shape index (κ2) is 5.31. The van der Waals surface area contributed by atoms with Crippen LogP contribution in [0.3, 0.4) is 0 Å². The molecule has 0 radical (unpaired) electrons.